The lowest BCUT2D eigenvalue weighted by molar-refractivity contribution is 0.142. The molecule has 0 aliphatic rings. The second-order valence-electron chi connectivity index (χ2n) is 4.89. The number of ether oxygens (including phenoxy) is 2. The SMILES string of the molecule is COc1ccc(CCCCc2cccnc2OC(=O)O)cc1. The van der Waals surface area contributed by atoms with Gasteiger partial charge in [0.1, 0.15) is 5.75 Å². The summed E-state index contributed by atoms with van der Waals surface area (Å²) in [4.78, 5) is 14.6. The summed E-state index contributed by atoms with van der Waals surface area (Å²) in [6.45, 7) is 0. The van der Waals surface area contributed by atoms with Crippen LogP contribution in [0.15, 0.2) is 42.6 Å². The number of aryl methyl sites for hydroxylation is 2. The molecule has 0 radical (unpaired) electrons. The largest absolute Gasteiger partial charge is 0.512 e. The fourth-order valence-corrected chi connectivity index (χ4v) is 2.23. The maximum Gasteiger partial charge on any atom is 0.512 e. The molecular formula is C17H19NO4. The van der Waals surface area contributed by atoms with Gasteiger partial charge < -0.3 is 14.6 Å². The molecule has 0 aliphatic carbocycles. The summed E-state index contributed by atoms with van der Waals surface area (Å²) in [5.41, 5.74) is 2.08. The minimum absolute atomic E-state index is 0.180. The van der Waals surface area contributed by atoms with Crippen molar-refractivity contribution < 1.29 is 19.4 Å². The Morgan fingerprint density at radius 3 is 2.55 bits per heavy atom. The first-order valence-corrected chi connectivity index (χ1v) is 7.16. The van der Waals surface area contributed by atoms with E-state index in [1.54, 1.807) is 13.2 Å². The van der Waals surface area contributed by atoms with Gasteiger partial charge in [-0.3, -0.25) is 0 Å². The molecule has 0 saturated heterocycles. The molecule has 116 valence electrons. The summed E-state index contributed by atoms with van der Waals surface area (Å²) in [5.74, 6) is 1.04. The molecular weight excluding hydrogens is 282 g/mol. The highest BCUT2D eigenvalue weighted by atomic mass is 16.7. The van der Waals surface area contributed by atoms with Crippen molar-refractivity contribution in [2.75, 3.05) is 7.11 Å². The Bertz CT molecular complexity index is 610. The lowest BCUT2D eigenvalue weighted by Crippen LogP contribution is -2.07. The van der Waals surface area contributed by atoms with Gasteiger partial charge in [-0.25, -0.2) is 9.78 Å². The molecule has 0 unspecified atom stereocenters. The molecule has 0 saturated carbocycles. The van der Waals surface area contributed by atoms with Crippen molar-refractivity contribution in [2.24, 2.45) is 0 Å². The normalized spacial score (nSPS) is 10.2. The summed E-state index contributed by atoms with van der Waals surface area (Å²) in [6, 6.07) is 11.7. The van der Waals surface area contributed by atoms with Gasteiger partial charge in [-0.15, -0.1) is 0 Å². The quantitative estimate of drug-likeness (QED) is 0.623. The van der Waals surface area contributed by atoms with Gasteiger partial charge >= 0.3 is 6.16 Å². The van der Waals surface area contributed by atoms with E-state index >= 15 is 0 Å². The molecule has 1 aromatic carbocycles. The molecule has 1 N–H and O–H groups in total. The Morgan fingerprint density at radius 1 is 1.14 bits per heavy atom. The first-order chi connectivity index (χ1) is 10.7. The van der Waals surface area contributed by atoms with Crippen LogP contribution >= 0.6 is 0 Å². The zero-order chi connectivity index (χ0) is 15.8. The number of hydrogen-bond donors (Lipinski definition) is 1. The van der Waals surface area contributed by atoms with Gasteiger partial charge in [0.15, 0.2) is 0 Å². The van der Waals surface area contributed by atoms with Crippen LogP contribution in [0.4, 0.5) is 4.79 Å². The molecule has 2 aromatic rings. The first-order valence-electron chi connectivity index (χ1n) is 7.16. The van der Waals surface area contributed by atoms with Crippen LogP contribution in [0, 0.1) is 0 Å². The lowest BCUT2D eigenvalue weighted by atomic mass is 10.0. The van der Waals surface area contributed by atoms with Gasteiger partial charge in [0, 0.05) is 11.8 Å². The van der Waals surface area contributed by atoms with Gasteiger partial charge in [-0.2, -0.15) is 0 Å². The van der Waals surface area contributed by atoms with Crippen LogP contribution in [0.3, 0.4) is 0 Å². The van der Waals surface area contributed by atoms with Crippen LogP contribution in [-0.4, -0.2) is 23.4 Å². The highest BCUT2D eigenvalue weighted by Crippen LogP contribution is 2.18. The number of benzene rings is 1. The molecule has 0 atom stereocenters. The van der Waals surface area contributed by atoms with E-state index in [0.717, 1.165) is 37.0 Å². The first kappa shape index (κ1) is 15.8. The summed E-state index contributed by atoms with van der Waals surface area (Å²) in [7, 11) is 1.65. The van der Waals surface area contributed by atoms with Crippen LogP contribution in [-0.2, 0) is 12.8 Å². The predicted octanol–water partition coefficient (Wildman–Crippen LogP) is 3.71. The van der Waals surface area contributed by atoms with Crippen LogP contribution in [0.5, 0.6) is 11.6 Å². The van der Waals surface area contributed by atoms with Gasteiger partial charge in [-0.1, -0.05) is 18.2 Å². The average molecular weight is 301 g/mol. The van der Waals surface area contributed by atoms with Crippen LogP contribution < -0.4 is 9.47 Å². The van der Waals surface area contributed by atoms with E-state index in [1.165, 1.54) is 11.8 Å². The Morgan fingerprint density at radius 2 is 1.86 bits per heavy atom. The van der Waals surface area contributed by atoms with E-state index in [0.29, 0.717) is 0 Å². The van der Waals surface area contributed by atoms with Crippen molar-refractivity contribution in [2.45, 2.75) is 25.7 Å². The molecule has 0 amide bonds. The summed E-state index contributed by atoms with van der Waals surface area (Å²) in [5, 5.41) is 8.68. The minimum atomic E-state index is -1.34. The highest BCUT2D eigenvalue weighted by molar-refractivity contribution is 5.60. The third-order valence-electron chi connectivity index (χ3n) is 3.35. The van der Waals surface area contributed by atoms with E-state index < -0.39 is 6.16 Å². The topological polar surface area (TPSA) is 68.7 Å². The summed E-state index contributed by atoms with van der Waals surface area (Å²) in [6.07, 6.45) is 3.85. The molecule has 2 rings (SSSR count). The molecule has 1 aromatic heterocycles. The Hall–Kier alpha value is -2.56. The van der Waals surface area contributed by atoms with E-state index in [9.17, 15) is 4.79 Å². The van der Waals surface area contributed by atoms with Gasteiger partial charge in [0.05, 0.1) is 7.11 Å². The van der Waals surface area contributed by atoms with Crippen LogP contribution in [0.25, 0.3) is 0 Å². The molecule has 0 bridgehead atoms. The van der Waals surface area contributed by atoms with E-state index in [-0.39, 0.29) is 5.88 Å². The van der Waals surface area contributed by atoms with Crippen LogP contribution in [0.2, 0.25) is 0 Å². The van der Waals surface area contributed by atoms with E-state index in [4.69, 9.17) is 9.84 Å². The number of hydrogen-bond acceptors (Lipinski definition) is 4. The number of carboxylic acid groups (broad SMARTS) is 1. The van der Waals surface area contributed by atoms with Crippen LogP contribution in [0.1, 0.15) is 24.0 Å². The van der Waals surface area contributed by atoms with E-state index in [2.05, 4.69) is 21.9 Å². The minimum Gasteiger partial charge on any atom is -0.497 e. The smallest absolute Gasteiger partial charge is 0.497 e. The second-order valence-corrected chi connectivity index (χ2v) is 4.89. The maximum atomic E-state index is 10.6. The van der Waals surface area contributed by atoms with Crippen molar-refractivity contribution in [3.05, 3.63) is 53.7 Å². The Balaban J connectivity index is 1.82. The second kappa shape index (κ2) is 8.02. The molecule has 0 aliphatic heterocycles. The number of rotatable bonds is 7. The number of unbranched alkanes of at least 4 members (excludes halogenated alkanes) is 1. The highest BCUT2D eigenvalue weighted by Gasteiger charge is 2.08. The van der Waals surface area contributed by atoms with Crippen molar-refractivity contribution in [1.29, 1.82) is 0 Å². The predicted molar refractivity (Wildman–Crippen MR) is 82.5 cm³/mol. The molecule has 5 nitrogen and oxygen atoms in total. The number of carbonyl (C=O) groups is 1. The van der Waals surface area contributed by atoms with Crippen molar-refractivity contribution in [3.8, 4) is 11.6 Å². The number of methoxy groups -OCH3 is 1. The fraction of sp³-hybridized carbons (Fsp3) is 0.294. The number of pyridine rings is 1. The summed E-state index contributed by atoms with van der Waals surface area (Å²) < 4.78 is 9.81. The fourth-order valence-electron chi connectivity index (χ4n) is 2.23. The molecule has 22 heavy (non-hydrogen) atoms. The van der Waals surface area contributed by atoms with E-state index in [1.807, 2.05) is 18.2 Å². The molecule has 0 fully saturated rings. The Kier molecular flexibility index (Phi) is 5.77. The van der Waals surface area contributed by atoms with Gasteiger partial charge in [0.2, 0.25) is 5.88 Å². The van der Waals surface area contributed by atoms with Crippen molar-refractivity contribution in [3.63, 3.8) is 0 Å². The molecule has 0 spiro atoms. The zero-order valence-corrected chi connectivity index (χ0v) is 12.5. The monoisotopic (exact) mass is 301 g/mol. The molecule has 1 heterocycles. The molecule has 5 heteroatoms. The summed E-state index contributed by atoms with van der Waals surface area (Å²) >= 11 is 0. The van der Waals surface area contributed by atoms with Crippen molar-refractivity contribution >= 4 is 6.16 Å². The average Bonchev–Trinajstić information content (AvgIpc) is 2.53. The Labute approximate surface area is 129 Å². The lowest BCUT2D eigenvalue weighted by Gasteiger charge is -2.07. The standard InChI is InChI=1S/C17H19NO4/c1-21-15-10-8-13(9-11-15)5-2-3-6-14-7-4-12-18-16(14)22-17(19)20/h4,7-12H,2-3,5-6H2,1H3,(H,19,20). The zero-order valence-electron chi connectivity index (χ0n) is 12.5. The van der Waals surface area contributed by atoms with Gasteiger partial charge in [-0.05, 0) is 49.4 Å². The third-order valence-corrected chi connectivity index (χ3v) is 3.35. The van der Waals surface area contributed by atoms with Crippen molar-refractivity contribution in [1.82, 2.24) is 4.98 Å². The number of aromatic nitrogens is 1. The van der Waals surface area contributed by atoms with Gasteiger partial charge in [0.25, 0.3) is 0 Å². The third kappa shape index (κ3) is 4.77. The maximum absolute atomic E-state index is 10.6. The number of nitrogens with zero attached hydrogens (tertiary/aromatic N) is 1.